The Kier molecular flexibility index (Phi) is 3.70. The Morgan fingerprint density at radius 3 is 2.39 bits per heavy atom. The second kappa shape index (κ2) is 5.25. The molecule has 3 nitrogen and oxygen atoms in total. The van der Waals surface area contributed by atoms with Crippen LogP contribution >= 0.6 is 0 Å². The van der Waals surface area contributed by atoms with Gasteiger partial charge in [0.2, 0.25) is 5.95 Å². The van der Waals surface area contributed by atoms with Gasteiger partial charge in [-0.25, -0.2) is 4.98 Å². The van der Waals surface area contributed by atoms with Crippen molar-refractivity contribution < 1.29 is 0 Å². The largest absolute Gasteiger partial charge is 0.352 e. The van der Waals surface area contributed by atoms with E-state index in [1.165, 1.54) is 11.1 Å². The van der Waals surface area contributed by atoms with Crippen molar-refractivity contribution >= 4 is 5.95 Å². The number of nitrogens with zero attached hydrogens (tertiary/aromatic N) is 2. The molecule has 2 aromatic rings. The Bertz CT molecular complexity index is 509. The topological polar surface area (TPSA) is 29.9 Å². The summed E-state index contributed by atoms with van der Waals surface area (Å²) in [5.41, 5.74) is 3.70. The predicted molar refractivity (Wildman–Crippen MR) is 75.8 cm³/mol. The van der Waals surface area contributed by atoms with Gasteiger partial charge < -0.3 is 9.88 Å². The summed E-state index contributed by atoms with van der Waals surface area (Å²) in [6.45, 7) is 7.24. The molecule has 18 heavy (non-hydrogen) atoms. The van der Waals surface area contributed by atoms with E-state index in [9.17, 15) is 0 Å². The quantitative estimate of drug-likeness (QED) is 0.891. The van der Waals surface area contributed by atoms with Gasteiger partial charge in [0.25, 0.3) is 0 Å². The maximum atomic E-state index is 4.42. The van der Waals surface area contributed by atoms with Crippen LogP contribution in [0.3, 0.4) is 0 Å². The molecule has 0 atom stereocenters. The minimum atomic E-state index is 0.587. The van der Waals surface area contributed by atoms with Crippen LogP contribution in [0.4, 0.5) is 5.95 Å². The summed E-state index contributed by atoms with van der Waals surface area (Å²) in [5, 5.41) is 3.35. The first-order valence-corrected chi connectivity index (χ1v) is 6.39. The van der Waals surface area contributed by atoms with Crippen LogP contribution in [0.2, 0.25) is 0 Å². The van der Waals surface area contributed by atoms with E-state index < -0.39 is 0 Å². The molecule has 0 aliphatic rings. The average Bonchev–Trinajstić information content (AvgIpc) is 2.66. The van der Waals surface area contributed by atoms with E-state index in [1.54, 1.807) is 0 Å². The van der Waals surface area contributed by atoms with E-state index >= 15 is 0 Å². The molecule has 0 saturated carbocycles. The molecule has 0 aliphatic heterocycles. The van der Waals surface area contributed by atoms with Crippen LogP contribution in [0.25, 0.3) is 0 Å². The number of aromatic nitrogens is 2. The van der Waals surface area contributed by atoms with Crippen LogP contribution < -0.4 is 5.32 Å². The summed E-state index contributed by atoms with van der Waals surface area (Å²) in [7, 11) is 2.00. The first kappa shape index (κ1) is 12.7. The molecule has 0 saturated heterocycles. The lowest BCUT2D eigenvalue weighted by Crippen LogP contribution is -2.04. The first-order chi connectivity index (χ1) is 8.56. The molecular formula is C15H21N3. The highest BCUT2D eigenvalue weighted by molar-refractivity contribution is 5.32. The minimum absolute atomic E-state index is 0.587. The Balaban J connectivity index is 2.00. The zero-order valence-electron chi connectivity index (χ0n) is 11.6. The predicted octanol–water partition coefficient (Wildman–Crippen LogP) is 3.46. The minimum Gasteiger partial charge on any atom is -0.352 e. The van der Waals surface area contributed by atoms with E-state index in [0.29, 0.717) is 5.92 Å². The number of rotatable bonds is 4. The van der Waals surface area contributed by atoms with Crippen molar-refractivity contribution in [2.45, 2.75) is 33.2 Å². The van der Waals surface area contributed by atoms with E-state index in [-0.39, 0.29) is 0 Å². The Morgan fingerprint density at radius 2 is 1.89 bits per heavy atom. The smallest absolute Gasteiger partial charge is 0.203 e. The fourth-order valence-electron chi connectivity index (χ4n) is 1.98. The van der Waals surface area contributed by atoms with Crippen LogP contribution in [0.15, 0.2) is 30.5 Å². The third-order valence-corrected chi connectivity index (χ3v) is 3.09. The molecule has 1 N–H and O–H groups in total. The summed E-state index contributed by atoms with van der Waals surface area (Å²) in [5.74, 6) is 1.50. The van der Waals surface area contributed by atoms with Gasteiger partial charge in [-0.2, -0.15) is 0 Å². The number of hydrogen-bond donors (Lipinski definition) is 1. The van der Waals surface area contributed by atoms with Gasteiger partial charge in [-0.1, -0.05) is 38.1 Å². The highest BCUT2D eigenvalue weighted by Crippen LogP contribution is 2.15. The van der Waals surface area contributed by atoms with E-state index in [4.69, 9.17) is 0 Å². The zero-order chi connectivity index (χ0) is 13.1. The van der Waals surface area contributed by atoms with Crippen LogP contribution in [0.1, 0.15) is 36.6 Å². The summed E-state index contributed by atoms with van der Waals surface area (Å²) in [4.78, 5) is 4.42. The van der Waals surface area contributed by atoms with Gasteiger partial charge in [0.1, 0.15) is 0 Å². The van der Waals surface area contributed by atoms with Gasteiger partial charge in [-0.3, -0.25) is 0 Å². The monoisotopic (exact) mass is 243 g/mol. The molecule has 2 rings (SSSR count). The second-order valence-corrected chi connectivity index (χ2v) is 5.07. The highest BCUT2D eigenvalue weighted by Gasteiger charge is 2.02. The number of anilines is 1. The van der Waals surface area contributed by atoms with Gasteiger partial charge in [-0.05, 0) is 24.0 Å². The Morgan fingerprint density at radius 1 is 1.22 bits per heavy atom. The molecule has 3 heteroatoms. The number of benzene rings is 1. The SMILES string of the molecule is Cc1cn(C)c(NCc2ccc(C(C)C)cc2)n1. The summed E-state index contributed by atoms with van der Waals surface area (Å²) >= 11 is 0. The van der Waals surface area contributed by atoms with Gasteiger partial charge in [0, 0.05) is 19.8 Å². The van der Waals surface area contributed by atoms with Gasteiger partial charge >= 0.3 is 0 Å². The van der Waals surface area contributed by atoms with Gasteiger partial charge in [0.15, 0.2) is 0 Å². The van der Waals surface area contributed by atoms with Crippen molar-refractivity contribution in [3.8, 4) is 0 Å². The molecule has 0 aliphatic carbocycles. The Labute approximate surface area is 109 Å². The van der Waals surface area contributed by atoms with Gasteiger partial charge in [0.05, 0.1) is 5.69 Å². The maximum absolute atomic E-state index is 4.42. The fourth-order valence-corrected chi connectivity index (χ4v) is 1.98. The zero-order valence-corrected chi connectivity index (χ0v) is 11.6. The molecule has 1 heterocycles. The third kappa shape index (κ3) is 2.92. The molecule has 1 aromatic carbocycles. The average molecular weight is 243 g/mol. The van der Waals surface area contributed by atoms with Crippen molar-refractivity contribution in [2.75, 3.05) is 5.32 Å². The lowest BCUT2D eigenvalue weighted by atomic mass is 10.0. The van der Waals surface area contributed by atoms with Crippen LogP contribution in [-0.4, -0.2) is 9.55 Å². The van der Waals surface area contributed by atoms with Crippen LogP contribution in [-0.2, 0) is 13.6 Å². The molecule has 0 radical (unpaired) electrons. The highest BCUT2D eigenvalue weighted by atomic mass is 15.2. The lowest BCUT2D eigenvalue weighted by molar-refractivity contribution is 0.864. The molecule has 0 amide bonds. The van der Waals surface area contributed by atoms with E-state index in [1.807, 2.05) is 24.7 Å². The number of aryl methyl sites for hydroxylation is 2. The summed E-state index contributed by atoms with van der Waals surface area (Å²) < 4.78 is 2.01. The Hall–Kier alpha value is -1.77. The standard InChI is InChI=1S/C15H21N3/c1-11(2)14-7-5-13(6-8-14)9-16-15-17-12(3)10-18(15)4/h5-8,10-11H,9H2,1-4H3,(H,16,17). The number of hydrogen-bond acceptors (Lipinski definition) is 2. The molecule has 0 bridgehead atoms. The summed E-state index contributed by atoms with van der Waals surface area (Å²) in [6, 6.07) is 8.76. The summed E-state index contributed by atoms with van der Waals surface area (Å²) in [6.07, 6.45) is 2.02. The van der Waals surface area contributed by atoms with Crippen LogP contribution in [0, 0.1) is 6.92 Å². The van der Waals surface area contributed by atoms with Crippen LogP contribution in [0.5, 0.6) is 0 Å². The molecule has 0 fully saturated rings. The van der Waals surface area contributed by atoms with Crippen molar-refractivity contribution in [2.24, 2.45) is 7.05 Å². The van der Waals surface area contributed by atoms with Crippen molar-refractivity contribution in [1.82, 2.24) is 9.55 Å². The first-order valence-electron chi connectivity index (χ1n) is 6.39. The second-order valence-electron chi connectivity index (χ2n) is 5.07. The van der Waals surface area contributed by atoms with E-state index in [2.05, 4.69) is 48.4 Å². The number of imidazole rings is 1. The van der Waals surface area contributed by atoms with Crippen molar-refractivity contribution in [1.29, 1.82) is 0 Å². The van der Waals surface area contributed by atoms with E-state index in [0.717, 1.165) is 18.2 Å². The third-order valence-electron chi connectivity index (χ3n) is 3.09. The lowest BCUT2D eigenvalue weighted by Gasteiger charge is -2.08. The maximum Gasteiger partial charge on any atom is 0.203 e. The molecule has 1 aromatic heterocycles. The molecule has 0 unspecified atom stereocenters. The normalized spacial score (nSPS) is 10.9. The van der Waals surface area contributed by atoms with Gasteiger partial charge in [-0.15, -0.1) is 0 Å². The molecule has 0 spiro atoms. The van der Waals surface area contributed by atoms with Crippen molar-refractivity contribution in [3.63, 3.8) is 0 Å². The molecular weight excluding hydrogens is 222 g/mol. The van der Waals surface area contributed by atoms with Crippen molar-refractivity contribution in [3.05, 3.63) is 47.3 Å². The molecule has 96 valence electrons. The fraction of sp³-hybridized carbons (Fsp3) is 0.400. The number of nitrogens with one attached hydrogen (secondary N) is 1.